The van der Waals surface area contributed by atoms with Gasteiger partial charge in [0.05, 0.1) is 5.41 Å². The third kappa shape index (κ3) is 2.35. The minimum atomic E-state index is -2.67. The first-order chi connectivity index (χ1) is 4.80. The van der Waals surface area contributed by atoms with Crippen molar-refractivity contribution >= 4 is 13.6 Å². The number of carbonyl (C=O) groups excluding carboxylic acids is 1. The molecule has 1 N–H and O–H groups in total. The van der Waals surface area contributed by atoms with E-state index in [1.807, 2.05) is 13.8 Å². The molecule has 1 unspecified atom stereocenters. The second kappa shape index (κ2) is 3.42. The lowest BCUT2D eigenvalue weighted by Gasteiger charge is -2.20. The summed E-state index contributed by atoms with van der Waals surface area (Å²) in [5.74, 6) is 0.0844. The maximum Gasteiger partial charge on any atom is 0.585 e. The van der Waals surface area contributed by atoms with Crippen molar-refractivity contribution in [2.75, 3.05) is 0 Å². The predicted octanol–water partition coefficient (Wildman–Crippen LogP) is 1.93. The SMILES string of the molecule is CC(C)C(C)(C)C(=O)[P+](=O)O. The number of carbonyl (C=O) groups is 1. The fourth-order valence-corrected chi connectivity index (χ4v) is 1.24. The van der Waals surface area contributed by atoms with Crippen LogP contribution < -0.4 is 0 Å². The van der Waals surface area contributed by atoms with Crippen LogP contribution in [0.2, 0.25) is 0 Å². The molecule has 0 aliphatic heterocycles. The van der Waals surface area contributed by atoms with Gasteiger partial charge < -0.3 is 0 Å². The Bertz CT molecular complexity index is 184. The highest BCUT2D eigenvalue weighted by Gasteiger charge is 2.44. The van der Waals surface area contributed by atoms with E-state index < -0.39 is 19.0 Å². The summed E-state index contributed by atoms with van der Waals surface area (Å²) >= 11 is 0. The summed E-state index contributed by atoms with van der Waals surface area (Å²) in [6.07, 6.45) is 0. The highest BCUT2D eigenvalue weighted by Crippen LogP contribution is 2.36. The fourth-order valence-electron chi connectivity index (χ4n) is 0.493. The van der Waals surface area contributed by atoms with Gasteiger partial charge in [0.2, 0.25) is 0 Å². The zero-order chi connectivity index (χ0) is 9.23. The Morgan fingerprint density at radius 3 is 1.91 bits per heavy atom. The van der Waals surface area contributed by atoms with Crippen LogP contribution in [0.3, 0.4) is 0 Å². The van der Waals surface area contributed by atoms with Gasteiger partial charge in [-0.25, -0.2) is 4.79 Å². The molecule has 0 spiro atoms. The zero-order valence-electron chi connectivity index (χ0n) is 7.29. The standard InChI is InChI=1S/C7H13O3P/c1-5(2)7(3,4)6(8)11(9)10/h5H,1-4H3/p+1. The molecule has 0 amide bonds. The maximum atomic E-state index is 11.1. The van der Waals surface area contributed by atoms with Crippen LogP contribution in [0.1, 0.15) is 27.7 Å². The topological polar surface area (TPSA) is 54.4 Å². The van der Waals surface area contributed by atoms with E-state index in [0.29, 0.717) is 0 Å². The molecule has 0 heterocycles. The van der Waals surface area contributed by atoms with Crippen molar-refractivity contribution in [3.8, 4) is 0 Å². The van der Waals surface area contributed by atoms with Gasteiger partial charge in [-0.05, 0) is 24.3 Å². The van der Waals surface area contributed by atoms with Gasteiger partial charge in [0, 0.05) is 0 Å². The molecule has 0 aromatic carbocycles. The monoisotopic (exact) mass is 177 g/mol. The highest BCUT2D eigenvalue weighted by atomic mass is 31.1. The van der Waals surface area contributed by atoms with E-state index in [9.17, 15) is 9.36 Å². The normalized spacial score (nSPS) is 13.5. The molecule has 0 aromatic heterocycles. The van der Waals surface area contributed by atoms with Gasteiger partial charge in [-0.3, -0.25) is 0 Å². The first-order valence-electron chi connectivity index (χ1n) is 3.50. The minimum absolute atomic E-state index is 0.0844. The summed E-state index contributed by atoms with van der Waals surface area (Å²) in [5, 5.41) is 0. The maximum absolute atomic E-state index is 11.1. The van der Waals surface area contributed by atoms with E-state index in [4.69, 9.17) is 4.89 Å². The van der Waals surface area contributed by atoms with E-state index in [1.165, 1.54) is 0 Å². The van der Waals surface area contributed by atoms with Crippen LogP contribution in [0.4, 0.5) is 0 Å². The lowest BCUT2D eigenvalue weighted by atomic mass is 9.83. The van der Waals surface area contributed by atoms with Gasteiger partial charge in [-0.15, -0.1) is 0 Å². The minimum Gasteiger partial charge on any atom is -0.236 e. The van der Waals surface area contributed by atoms with Gasteiger partial charge in [-0.1, -0.05) is 13.8 Å². The summed E-state index contributed by atoms with van der Waals surface area (Å²) in [5.41, 5.74) is -1.26. The zero-order valence-corrected chi connectivity index (χ0v) is 8.18. The molecule has 0 radical (unpaired) electrons. The smallest absolute Gasteiger partial charge is 0.236 e. The van der Waals surface area contributed by atoms with Crippen molar-refractivity contribution in [1.82, 2.24) is 0 Å². The van der Waals surface area contributed by atoms with E-state index in [-0.39, 0.29) is 5.92 Å². The molecule has 3 nitrogen and oxygen atoms in total. The van der Waals surface area contributed by atoms with E-state index in [1.54, 1.807) is 13.8 Å². The van der Waals surface area contributed by atoms with Gasteiger partial charge in [0.25, 0.3) is 0 Å². The molecule has 0 fully saturated rings. The van der Waals surface area contributed by atoms with Crippen molar-refractivity contribution in [3.05, 3.63) is 0 Å². The van der Waals surface area contributed by atoms with Gasteiger partial charge >= 0.3 is 13.6 Å². The summed E-state index contributed by atoms with van der Waals surface area (Å²) in [7, 11) is -2.67. The Morgan fingerprint density at radius 1 is 1.45 bits per heavy atom. The van der Waals surface area contributed by atoms with E-state index >= 15 is 0 Å². The van der Waals surface area contributed by atoms with Crippen molar-refractivity contribution in [2.24, 2.45) is 11.3 Å². The van der Waals surface area contributed by atoms with Gasteiger partial charge in [-0.2, -0.15) is 4.89 Å². The average Bonchev–Trinajstić information content (AvgIpc) is 1.85. The molecule has 4 heteroatoms. The molecule has 0 rings (SSSR count). The quantitative estimate of drug-likeness (QED) is 0.670. The first-order valence-corrected chi connectivity index (χ1v) is 4.72. The van der Waals surface area contributed by atoms with E-state index in [2.05, 4.69) is 0 Å². The van der Waals surface area contributed by atoms with Crippen molar-refractivity contribution < 1.29 is 14.3 Å². The Balaban J connectivity index is 4.56. The summed E-state index contributed by atoms with van der Waals surface area (Å²) < 4.78 is 10.4. The number of hydrogen-bond donors (Lipinski definition) is 1. The van der Waals surface area contributed by atoms with E-state index in [0.717, 1.165) is 0 Å². The largest absolute Gasteiger partial charge is 0.585 e. The molecule has 0 aliphatic carbocycles. The van der Waals surface area contributed by atoms with Gasteiger partial charge in [0.15, 0.2) is 0 Å². The van der Waals surface area contributed by atoms with Crippen molar-refractivity contribution in [2.45, 2.75) is 27.7 Å². The molecule has 11 heavy (non-hydrogen) atoms. The van der Waals surface area contributed by atoms with Crippen molar-refractivity contribution in [1.29, 1.82) is 0 Å². The second-order valence-electron chi connectivity index (χ2n) is 3.45. The molecule has 0 saturated carbocycles. The van der Waals surface area contributed by atoms with Crippen LogP contribution in [-0.2, 0) is 9.36 Å². The summed E-state index contributed by atoms with van der Waals surface area (Å²) in [4.78, 5) is 19.6. The Labute approximate surface area is 67.7 Å². The fraction of sp³-hybridized carbons (Fsp3) is 0.857. The Kier molecular flexibility index (Phi) is 3.33. The molecular formula is C7H14O3P+. The van der Waals surface area contributed by atoms with Crippen LogP contribution in [0, 0.1) is 11.3 Å². The molecule has 0 aromatic rings. The molecule has 64 valence electrons. The number of rotatable bonds is 3. The van der Waals surface area contributed by atoms with Gasteiger partial charge in [0.1, 0.15) is 0 Å². The lowest BCUT2D eigenvalue weighted by molar-refractivity contribution is -0.121. The second-order valence-corrected chi connectivity index (χ2v) is 4.41. The third-order valence-electron chi connectivity index (χ3n) is 2.17. The van der Waals surface area contributed by atoms with Crippen LogP contribution in [0.15, 0.2) is 0 Å². The third-order valence-corrected chi connectivity index (χ3v) is 3.09. The molecule has 1 atom stereocenters. The average molecular weight is 177 g/mol. The lowest BCUT2D eigenvalue weighted by Crippen LogP contribution is -2.27. The Hall–Kier alpha value is -0.270. The molecule has 0 bridgehead atoms. The summed E-state index contributed by atoms with van der Waals surface area (Å²) in [6, 6.07) is 0. The summed E-state index contributed by atoms with van der Waals surface area (Å²) in [6.45, 7) is 7.08. The predicted molar refractivity (Wildman–Crippen MR) is 43.5 cm³/mol. The van der Waals surface area contributed by atoms with Crippen LogP contribution in [0.25, 0.3) is 0 Å². The molecule has 0 aliphatic rings. The Morgan fingerprint density at radius 2 is 1.82 bits per heavy atom. The van der Waals surface area contributed by atoms with Crippen molar-refractivity contribution in [3.63, 3.8) is 0 Å². The first kappa shape index (κ1) is 10.7. The number of hydrogen-bond acceptors (Lipinski definition) is 2. The highest BCUT2D eigenvalue weighted by molar-refractivity contribution is 7.58. The molecular weight excluding hydrogens is 163 g/mol. The van der Waals surface area contributed by atoms with Crippen LogP contribution in [-0.4, -0.2) is 10.4 Å². The molecule has 0 saturated heterocycles. The van der Waals surface area contributed by atoms with Crippen LogP contribution in [0.5, 0.6) is 0 Å². The van der Waals surface area contributed by atoms with Crippen LogP contribution >= 0.6 is 8.03 Å².